The third-order valence-electron chi connectivity index (χ3n) is 6.80. The van der Waals surface area contributed by atoms with E-state index >= 15 is 0 Å². The molecule has 0 aliphatic heterocycles. The number of aryl methyl sites for hydroxylation is 1. The summed E-state index contributed by atoms with van der Waals surface area (Å²) in [5, 5.41) is 15.5. The van der Waals surface area contributed by atoms with Gasteiger partial charge >= 0.3 is 6.03 Å². The average molecular weight is 593 g/mol. The van der Waals surface area contributed by atoms with E-state index < -0.39 is 6.03 Å². The lowest BCUT2D eigenvalue weighted by molar-refractivity contribution is 0.227. The summed E-state index contributed by atoms with van der Waals surface area (Å²) in [4.78, 5) is 17.7. The fourth-order valence-corrected chi connectivity index (χ4v) is 4.74. The molecular formula is C34H36N6O4. The summed E-state index contributed by atoms with van der Waals surface area (Å²) in [6, 6.07) is 24.0. The van der Waals surface area contributed by atoms with Crippen LogP contribution in [0.2, 0.25) is 0 Å². The number of hydrogen-bond acceptors (Lipinski definition) is 7. The van der Waals surface area contributed by atoms with Gasteiger partial charge in [0, 0.05) is 48.0 Å². The summed E-state index contributed by atoms with van der Waals surface area (Å²) in [5.41, 5.74) is 3.00. The van der Waals surface area contributed by atoms with E-state index in [1.165, 1.54) is 0 Å². The molecule has 3 aromatic carbocycles. The molecular weight excluding hydrogens is 556 g/mol. The van der Waals surface area contributed by atoms with E-state index in [0.29, 0.717) is 46.9 Å². The Hall–Kier alpha value is -5.35. The number of urea groups is 1. The molecule has 0 fully saturated rings. The van der Waals surface area contributed by atoms with E-state index in [0.717, 1.165) is 41.4 Å². The van der Waals surface area contributed by atoms with E-state index in [1.807, 2.05) is 66.7 Å². The first-order valence-corrected chi connectivity index (χ1v) is 14.4. The third-order valence-corrected chi connectivity index (χ3v) is 6.80. The Balaban J connectivity index is 1.37. The predicted octanol–water partition coefficient (Wildman–Crippen LogP) is 7.78. The Morgan fingerprint density at radius 3 is 2.55 bits per heavy atom. The number of unbranched alkanes of at least 4 members (excludes halogenated alkanes) is 1. The molecule has 0 aliphatic carbocycles. The van der Waals surface area contributed by atoms with Crippen molar-refractivity contribution in [2.45, 2.75) is 26.2 Å². The van der Waals surface area contributed by atoms with Crippen molar-refractivity contribution < 1.29 is 19.0 Å². The minimum Gasteiger partial charge on any atom is -0.497 e. The zero-order valence-corrected chi connectivity index (χ0v) is 25.1. The SMILES string of the molecule is C=C(COC)Nc1cc(Oc2ccc(NC(=O)Nc3cc(CCCC)nn3-c3cccc(OC)c3)c3ccccc23)ccn1. The van der Waals surface area contributed by atoms with E-state index in [1.54, 1.807) is 37.2 Å². The molecule has 5 rings (SSSR count). The number of pyridine rings is 1. The molecule has 3 N–H and O–H groups in total. The van der Waals surface area contributed by atoms with Crippen LogP contribution in [-0.4, -0.2) is 41.6 Å². The molecule has 10 nitrogen and oxygen atoms in total. The summed E-state index contributed by atoms with van der Waals surface area (Å²) in [7, 11) is 3.23. The summed E-state index contributed by atoms with van der Waals surface area (Å²) in [6.45, 7) is 6.43. The summed E-state index contributed by atoms with van der Waals surface area (Å²) >= 11 is 0. The van der Waals surface area contributed by atoms with Gasteiger partial charge < -0.3 is 24.8 Å². The minimum atomic E-state index is -0.393. The highest BCUT2D eigenvalue weighted by atomic mass is 16.5. The second-order valence-corrected chi connectivity index (χ2v) is 10.1. The van der Waals surface area contributed by atoms with Crippen LogP contribution >= 0.6 is 0 Å². The first kappa shape index (κ1) is 30.1. The van der Waals surface area contributed by atoms with E-state index in [9.17, 15) is 4.79 Å². The lowest BCUT2D eigenvalue weighted by atomic mass is 10.1. The van der Waals surface area contributed by atoms with Crippen LogP contribution in [0.1, 0.15) is 25.5 Å². The van der Waals surface area contributed by atoms with E-state index in [2.05, 4.69) is 34.4 Å². The van der Waals surface area contributed by atoms with Crippen LogP contribution in [0.4, 0.5) is 22.1 Å². The zero-order chi connectivity index (χ0) is 30.9. The molecule has 2 amide bonds. The number of rotatable bonds is 13. The fourth-order valence-electron chi connectivity index (χ4n) is 4.74. The highest BCUT2D eigenvalue weighted by Crippen LogP contribution is 2.35. The summed E-state index contributed by atoms with van der Waals surface area (Å²) in [5.74, 6) is 3.08. The maximum atomic E-state index is 13.4. The van der Waals surface area contributed by atoms with Crippen molar-refractivity contribution in [3.8, 4) is 22.9 Å². The van der Waals surface area contributed by atoms with E-state index in [-0.39, 0.29) is 0 Å². The second kappa shape index (κ2) is 14.2. The number of ether oxygens (including phenoxy) is 3. The number of amides is 2. The highest BCUT2D eigenvalue weighted by molar-refractivity contribution is 6.07. The lowest BCUT2D eigenvalue weighted by Gasteiger charge is -2.15. The van der Waals surface area contributed by atoms with Crippen LogP contribution in [0.25, 0.3) is 16.5 Å². The maximum Gasteiger partial charge on any atom is 0.324 e. The number of methoxy groups -OCH3 is 2. The van der Waals surface area contributed by atoms with Crippen LogP contribution in [0, 0.1) is 0 Å². The Bertz CT molecular complexity index is 1770. The number of nitrogens with zero attached hydrogens (tertiary/aromatic N) is 3. The van der Waals surface area contributed by atoms with Crippen molar-refractivity contribution in [1.29, 1.82) is 0 Å². The molecule has 5 aromatic rings. The summed E-state index contributed by atoms with van der Waals surface area (Å²) < 4.78 is 18.5. The normalized spacial score (nSPS) is 10.8. The van der Waals surface area contributed by atoms with Gasteiger partial charge in [-0.05, 0) is 43.2 Å². The highest BCUT2D eigenvalue weighted by Gasteiger charge is 2.15. The number of hydrogen-bond donors (Lipinski definition) is 3. The molecule has 44 heavy (non-hydrogen) atoms. The topological polar surface area (TPSA) is 112 Å². The Morgan fingerprint density at radius 1 is 0.909 bits per heavy atom. The van der Waals surface area contributed by atoms with Gasteiger partial charge in [0.15, 0.2) is 0 Å². The first-order valence-electron chi connectivity index (χ1n) is 14.4. The molecule has 0 atom stereocenters. The van der Waals surface area contributed by atoms with Crippen LogP contribution in [-0.2, 0) is 11.2 Å². The van der Waals surface area contributed by atoms with Crippen LogP contribution < -0.4 is 25.4 Å². The monoisotopic (exact) mass is 592 g/mol. The molecule has 10 heteroatoms. The number of nitrogens with one attached hydrogen (secondary N) is 3. The predicted molar refractivity (Wildman–Crippen MR) is 174 cm³/mol. The number of benzene rings is 3. The van der Waals surface area contributed by atoms with Gasteiger partial charge in [-0.1, -0.05) is 50.3 Å². The lowest BCUT2D eigenvalue weighted by Crippen LogP contribution is -2.21. The van der Waals surface area contributed by atoms with Gasteiger partial charge in [0.1, 0.15) is 28.9 Å². The Labute approximate surface area is 256 Å². The third kappa shape index (κ3) is 7.34. The molecule has 0 saturated carbocycles. The second-order valence-electron chi connectivity index (χ2n) is 10.1. The smallest absolute Gasteiger partial charge is 0.324 e. The molecule has 0 aliphatic rings. The minimum absolute atomic E-state index is 0.364. The van der Waals surface area contributed by atoms with Crippen molar-refractivity contribution in [3.05, 3.63) is 103 Å². The number of carbonyl (C=O) groups is 1. The number of fused-ring (bicyclic) bond motifs is 1. The Morgan fingerprint density at radius 2 is 1.75 bits per heavy atom. The van der Waals surface area contributed by atoms with Crippen molar-refractivity contribution in [1.82, 2.24) is 14.8 Å². The molecule has 0 unspecified atom stereocenters. The first-order chi connectivity index (χ1) is 21.5. The zero-order valence-electron chi connectivity index (χ0n) is 25.1. The average Bonchev–Trinajstić information content (AvgIpc) is 3.43. The van der Waals surface area contributed by atoms with Crippen LogP contribution in [0.5, 0.6) is 17.2 Å². The van der Waals surface area contributed by atoms with Crippen molar-refractivity contribution in [3.63, 3.8) is 0 Å². The molecule has 226 valence electrons. The number of carbonyl (C=O) groups excluding carboxylic acids is 1. The standard InChI is InChI=1S/C34H36N6O4/c1-5-6-10-24-19-33(40(39-24)25-11-9-12-26(20-25)43-4)38-34(41)37-30-15-16-31(29-14-8-7-13-28(29)30)44-27-17-18-35-32(21-27)36-23(2)22-42-3/h7-9,11-21H,2,5-6,10,22H2,1,3-4H3,(H,35,36)(H2,37,38,41). The Kier molecular flexibility index (Phi) is 9.73. The van der Waals surface area contributed by atoms with Crippen molar-refractivity contribution in [2.75, 3.05) is 36.8 Å². The summed E-state index contributed by atoms with van der Waals surface area (Å²) in [6.07, 6.45) is 4.52. The van der Waals surface area contributed by atoms with Crippen molar-refractivity contribution in [2.24, 2.45) is 0 Å². The van der Waals surface area contributed by atoms with Gasteiger partial charge in [0.05, 0.1) is 30.8 Å². The van der Waals surface area contributed by atoms with Crippen molar-refractivity contribution >= 4 is 34.1 Å². The van der Waals surface area contributed by atoms with E-state index in [4.69, 9.17) is 19.3 Å². The fraction of sp³-hybridized carbons (Fsp3) is 0.206. The number of anilines is 3. The van der Waals surface area contributed by atoms with Gasteiger partial charge in [-0.25, -0.2) is 14.5 Å². The van der Waals surface area contributed by atoms with Crippen LogP contribution in [0.15, 0.2) is 97.3 Å². The molecule has 2 heterocycles. The van der Waals surface area contributed by atoms with Gasteiger partial charge in [0.2, 0.25) is 0 Å². The quantitative estimate of drug-likeness (QED) is 0.128. The molecule has 2 aromatic heterocycles. The number of aromatic nitrogens is 3. The van der Waals surface area contributed by atoms with Gasteiger partial charge in [0.25, 0.3) is 0 Å². The maximum absolute atomic E-state index is 13.4. The molecule has 0 spiro atoms. The molecule has 0 saturated heterocycles. The largest absolute Gasteiger partial charge is 0.497 e. The van der Waals surface area contributed by atoms with Crippen LogP contribution in [0.3, 0.4) is 0 Å². The molecule has 0 radical (unpaired) electrons. The van der Waals surface area contributed by atoms with Gasteiger partial charge in [-0.3, -0.25) is 5.32 Å². The van der Waals surface area contributed by atoms with Gasteiger partial charge in [-0.15, -0.1) is 0 Å². The van der Waals surface area contributed by atoms with Gasteiger partial charge in [-0.2, -0.15) is 5.10 Å². The molecule has 0 bridgehead atoms.